The van der Waals surface area contributed by atoms with Gasteiger partial charge in [-0.05, 0) is 108 Å². The highest BCUT2D eigenvalue weighted by atomic mass is 32.1. The van der Waals surface area contributed by atoms with Crippen molar-refractivity contribution in [1.29, 1.82) is 0 Å². The minimum atomic E-state index is -0.532. The van der Waals surface area contributed by atoms with E-state index < -0.39 is 5.60 Å². The van der Waals surface area contributed by atoms with Gasteiger partial charge in [-0.15, -0.1) is 11.3 Å². The molecule has 1 saturated carbocycles. The predicted octanol–water partition coefficient (Wildman–Crippen LogP) is 7.62. The molecule has 2 aliphatic rings. The largest absolute Gasteiger partial charge is 0.497 e. The van der Waals surface area contributed by atoms with Gasteiger partial charge >= 0.3 is 6.09 Å². The van der Waals surface area contributed by atoms with Crippen LogP contribution in [0.5, 0.6) is 11.5 Å². The number of hydrogen-bond donors (Lipinski definition) is 1. The molecule has 3 heterocycles. The van der Waals surface area contributed by atoms with Crippen molar-refractivity contribution in [1.82, 2.24) is 19.7 Å². The molecule has 2 fully saturated rings. The molecule has 1 atom stereocenters. The van der Waals surface area contributed by atoms with E-state index in [0.717, 1.165) is 83.5 Å². The molecule has 2 amide bonds. The molecule has 0 unspecified atom stereocenters. The van der Waals surface area contributed by atoms with Crippen LogP contribution in [-0.2, 0) is 22.5 Å². The topological polar surface area (TPSA) is 108 Å². The molecule has 6 rings (SSSR count). The van der Waals surface area contributed by atoms with E-state index >= 15 is 0 Å². The van der Waals surface area contributed by atoms with E-state index in [9.17, 15) is 9.59 Å². The van der Waals surface area contributed by atoms with Crippen LogP contribution in [0.25, 0.3) is 10.9 Å². The molecule has 1 aliphatic carbocycles. The molecule has 0 spiro atoms. The van der Waals surface area contributed by atoms with Crippen LogP contribution in [0.15, 0.2) is 48.7 Å². The van der Waals surface area contributed by atoms with E-state index in [2.05, 4.69) is 33.2 Å². The van der Waals surface area contributed by atoms with Gasteiger partial charge in [0.05, 0.1) is 36.4 Å². The van der Waals surface area contributed by atoms with Gasteiger partial charge < -0.3 is 24.4 Å². The Balaban J connectivity index is 1.21. The van der Waals surface area contributed by atoms with Crippen molar-refractivity contribution in [2.24, 2.45) is 11.8 Å². The molecule has 1 aliphatic heterocycles. The number of methoxy groups -OCH3 is 1. The second-order valence-corrected chi connectivity index (χ2v) is 15.3. The Morgan fingerprint density at radius 3 is 2.50 bits per heavy atom. The number of nitrogens with zero attached hydrogens (tertiary/aromatic N) is 4. The molecular formula is C37H47N5O5S. The molecule has 0 bridgehead atoms. The third-order valence-corrected chi connectivity index (χ3v) is 9.97. The van der Waals surface area contributed by atoms with Crippen LogP contribution >= 0.6 is 11.3 Å². The third-order valence-electron chi connectivity index (χ3n) is 9.15. The normalized spacial score (nSPS) is 20.0. The lowest BCUT2D eigenvalue weighted by Gasteiger charge is -2.34. The van der Waals surface area contributed by atoms with Gasteiger partial charge in [-0.3, -0.25) is 9.48 Å². The summed E-state index contributed by atoms with van der Waals surface area (Å²) in [7, 11) is 1.67. The second kappa shape index (κ2) is 14.6. The molecule has 4 aromatic rings. The lowest BCUT2D eigenvalue weighted by atomic mass is 9.86. The highest BCUT2D eigenvalue weighted by Gasteiger charge is 2.31. The number of anilines is 1. The lowest BCUT2D eigenvalue weighted by Crippen LogP contribution is -2.43. The fourth-order valence-electron chi connectivity index (χ4n) is 6.78. The number of ether oxygens (including phenoxy) is 3. The van der Waals surface area contributed by atoms with Crippen molar-refractivity contribution < 1.29 is 23.8 Å². The maximum Gasteiger partial charge on any atom is 0.410 e. The van der Waals surface area contributed by atoms with Crippen LogP contribution < -0.4 is 14.8 Å². The fraction of sp³-hybridized carbons (Fsp3) is 0.514. The predicted molar refractivity (Wildman–Crippen MR) is 188 cm³/mol. The van der Waals surface area contributed by atoms with Gasteiger partial charge in [-0.25, -0.2) is 9.78 Å². The first-order chi connectivity index (χ1) is 23.0. The van der Waals surface area contributed by atoms with E-state index in [0.29, 0.717) is 24.8 Å². The number of carbonyl (C=O) groups excluding carboxylic acids is 2. The summed E-state index contributed by atoms with van der Waals surface area (Å²) >= 11 is 1.50. The zero-order chi connectivity index (χ0) is 33.8. The number of aryl methyl sites for hydroxylation is 1. The number of hydrogen-bond acceptors (Lipinski definition) is 8. The van der Waals surface area contributed by atoms with Gasteiger partial charge in [0.25, 0.3) is 0 Å². The quantitative estimate of drug-likeness (QED) is 0.195. The summed E-state index contributed by atoms with van der Waals surface area (Å²) < 4.78 is 19.9. The number of carbonyl (C=O) groups is 2. The molecule has 2 aromatic carbocycles. The minimum absolute atomic E-state index is 0.0110. The van der Waals surface area contributed by atoms with Crippen LogP contribution in [0, 0.1) is 18.8 Å². The lowest BCUT2D eigenvalue weighted by molar-refractivity contribution is -0.121. The summed E-state index contributed by atoms with van der Waals surface area (Å²) in [5, 5.41) is 9.88. The first-order valence-electron chi connectivity index (χ1n) is 17.0. The van der Waals surface area contributed by atoms with E-state index in [1.807, 2.05) is 56.9 Å². The second-order valence-electron chi connectivity index (χ2n) is 14.1. The van der Waals surface area contributed by atoms with Crippen molar-refractivity contribution in [2.45, 2.75) is 90.9 Å². The van der Waals surface area contributed by atoms with E-state index in [1.165, 1.54) is 11.3 Å². The highest BCUT2D eigenvalue weighted by Crippen LogP contribution is 2.36. The number of amides is 2. The van der Waals surface area contributed by atoms with Crippen molar-refractivity contribution in [3.63, 3.8) is 0 Å². The standard InChI is InChI=1S/C37H47N5O5S/c1-24-21-38-35(48-24)39-34(43)27-13-17-29(18-14-27)46-32-10-6-9-31-33(32)30(40-42(31)23-25-11-15-28(45-5)16-12-25)20-26-8-7-19-41(22-26)36(44)47-37(2,3)4/h6,9-12,15-16,21,26-27,29H,7-8,13-14,17-20,22-23H2,1-5H3,(H,38,39,43)/t26-,27?,29?/m0/s1. The average molecular weight is 674 g/mol. The van der Waals surface area contributed by atoms with Gasteiger partial charge in [-0.1, -0.05) is 18.2 Å². The van der Waals surface area contributed by atoms with Crippen LogP contribution in [0.2, 0.25) is 0 Å². The van der Waals surface area contributed by atoms with Gasteiger partial charge in [-0.2, -0.15) is 5.10 Å². The van der Waals surface area contributed by atoms with Crippen molar-refractivity contribution in [3.8, 4) is 11.5 Å². The average Bonchev–Trinajstić information content (AvgIpc) is 3.63. The summed E-state index contributed by atoms with van der Waals surface area (Å²) in [5.74, 6) is 1.89. The molecule has 0 radical (unpaired) electrons. The Kier molecular flexibility index (Phi) is 10.2. The number of fused-ring (bicyclic) bond motifs is 1. The van der Waals surface area contributed by atoms with Crippen LogP contribution in [0.1, 0.15) is 75.4 Å². The number of rotatable bonds is 9. The summed E-state index contributed by atoms with van der Waals surface area (Å²) in [6.07, 6.45) is 7.35. The van der Waals surface area contributed by atoms with Gasteiger partial charge in [0.2, 0.25) is 5.91 Å². The number of aromatic nitrogens is 3. The van der Waals surface area contributed by atoms with E-state index in [4.69, 9.17) is 19.3 Å². The number of nitrogens with one attached hydrogen (secondary N) is 1. The molecule has 1 N–H and O–H groups in total. The number of benzene rings is 2. The number of piperidine rings is 1. The maximum absolute atomic E-state index is 12.9. The Morgan fingerprint density at radius 1 is 1.04 bits per heavy atom. The van der Waals surface area contributed by atoms with Crippen LogP contribution in [0.3, 0.4) is 0 Å². The summed E-state index contributed by atoms with van der Waals surface area (Å²) in [6.45, 7) is 9.64. The maximum atomic E-state index is 12.9. The van der Waals surface area contributed by atoms with Gasteiger partial charge in [0, 0.05) is 30.1 Å². The van der Waals surface area contributed by atoms with E-state index in [-0.39, 0.29) is 29.9 Å². The Morgan fingerprint density at radius 2 is 1.81 bits per heavy atom. The Labute approximate surface area is 286 Å². The molecule has 256 valence electrons. The Hall–Kier alpha value is -4.12. The molecule has 1 saturated heterocycles. The molecule has 11 heteroatoms. The smallest absolute Gasteiger partial charge is 0.410 e. The summed E-state index contributed by atoms with van der Waals surface area (Å²) in [6, 6.07) is 14.3. The highest BCUT2D eigenvalue weighted by molar-refractivity contribution is 7.15. The van der Waals surface area contributed by atoms with Crippen LogP contribution in [-0.4, -0.2) is 63.6 Å². The SMILES string of the molecule is COc1ccc(Cn2nc(C[C@@H]3CCCN(C(=O)OC(C)(C)C)C3)c3c(OC4CCC(C(=O)Nc5ncc(C)s5)CC4)cccc32)cc1. The molecule has 10 nitrogen and oxygen atoms in total. The molecule has 2 aromatic heterocycles. The number of likely N-dealkylation sites (tertiary alicyclic amines) is 1. The minimum Gasteiger partial charge on any atom is -0.497 e. The van der Waals surface area contributed by atoms with Gasteiger partial charge in [0.15, 0.2) is 5.13 Å². The first-order valence-corrected chi connectivity index (χ1v) is 17.9. The summed E-state index contributed by atoms with van der Waals surface area (Å²) in [5.41, 5.74) is 2.59. The Bertz CT molecular complexity index is 1720. The zero-order valence-corrected chi connectivity index (χ0v) is 29.5. The molecular weight excluding hydrogens is 627 g/mol. The fourth-order valence-corrected chi connectivity index (χ4v) is 7.45. The summed E-state index contributed by atoms with van der Waals surface area (Å²) in [4.78, 5) is 33.1. The van der Waals surface area contributed by atoms with Crippen molar-refractivity contribution >= 4 is 39.4 Å². The van der Waals surface area contributed by atoms with Crippen LogP contribution in [0.4, 0.5) is 9.93 Å². The zero-order valence-electron chi connectivity index (χ0n) is 28.7. The van der Waals surface area contributed by atoms with E-state index in [1.54, 1.807) is 13.3 Å². The number of thiazole rings is 1. The first kappa shape index (κ1) is 33.8. The van der Waals surface area contributed by atoms with Crippen molar-refractivity contribution in [3.05, 3.63) is 64.8 Å². The monoisotopic (exact) mass is 673 g/mol. The third kappa shape index (κ3) is 8.29. The van der Waals surface area contributed by atoms with Gasteiger partial charge in [0.1, 0.15) is 17.1 Å². The van der Waals surface area contributed by atoms with Crippen molar-refractivity contribution in [2.75, 3.05) is 25.5 Å². The molecule has 48 heavy (non-hydrogen) atoms.